The molecule has 4 aromatic carbocycles. The van der Waals surface area contributed by atoms with Gasteiger partial charge >= 0.3 is 0 Å². The van der Waals surface area contributed by atoms with Gasteiger partial charge in [-0.2, -0.15) is 0 Å². The van der Waals surface area contributed by atoms with Gasteiger partial charge in [0.05, 0.1) is 0 Å². The van der Waals surface area contributed by atoms with Crippen LogP contribution in [0.15, 0.2) is 48.5 Å². The number of rotatable bonds is 4. The van der Waals surface area contributed by atoms with Crippen LogP contribution in [0, 0.1) is 0 Å². The third kappa shape index (κ3) is 2.25. The second kappa shape index (κ2) is 5.63. The van der Waals surface area contributed by atoms with Crippen molar-refractivity contribution in [1.82, 2.24) is 0 Å². The van der Waals surface area contributed by atoms with E-state index < -0.39 is 0 Å². The van der Waals surface area contributed by atoms with Crippen molar-refractivity contribution in [2.45, 2.75) is 19.4 Å². The van der Waals surface area contributed by atoms with Gasteiger partial charge in [0.2, 0.25) is 0 Å². The molecule has 2 atom stereocenters. The molecule has 0 bridgehead atoms. The maximum Gasteiger partial charge on any atom is 0.196 e. The first-order valence-electron chi connectivity index (χ1n) is 7.82. The van der Waals surface area contributed by atoms with Gasteiger partial charge in [-0.1, -0.05) is 42.5 Å². The largest absolute Gasteiger partial charge is 0.465 e. The highest BCUT2D eigenvalue weighted by atomic mass is 31.0. The Morgan fingerprint density at radius 3 is 2.35 bits per heavy atom. The van der Waals surface area contributed by atoms with Gasteiger partial charge < -0.3 is 9.47 Å². The number of methoxy groups -OCH3 is 1. The third-order valence-corrected chi connectivity index (χ3v) is 4.96. The second-order valence-corrected chi connectivity index (χ2v) is 6.24. The molecule has 0 fully saturated rings. The lowest BCUT2D eigenvalue weighted by molar-refractivity contribution is -0.0385. The molecule has 0 heterocycles. The molecule has 2 unspecified atom stereocenters. The van der Waals surface area contributed by atoms with Crippen molar-refractivity contribution in [3.63, 3.8) is 0 Å². The number of benzene rings is 4. The zero-order valence-corrected chi connectivity index (χ0v) is 14.5. The quantitative estimate of drug-likeness (QED) is 0.287. The Hall–Kier alpha value is -1.89. The maximum atomic E-state index is 6.00. The Balaban J connectivity index is 2.11. The minimum atomic E-state index is -0.265. The SMILES string of the molecule is COC(C)Oc1cc2ccc3cccc4ccc(c1CP)c2c34. The van der Waals surface area contributed by atoms with Crippen LogP contribution in [0.3, 0.4) is 0 Å². The van der Waals surface area contributed by atoms with Crippen LogP contribution in [0.1, 0.15) is 12.5 Å². The molecular formula is C20H19O2P. The summed E-state index contributed by atoms with van der Waals surface area (Å²) in [5.74, 6) is 0.903. The van der Waals surface area contributed by atoms with E-state index in [4.69, 9.17) is 9.47 Å². The number of ether oxygens (including phenoxy) is 2. The molecule has 0 saturated carbocycles. The molecular weight excluding hydrogens is 303 g/mol. The summed E-state index contributed by atoms with van der Waals surface area (Å²) in [6.45, 7) is 1.91. The molecule has 116 valence electrons. The van der Waals surface area contributed by atoms with Crippen LogP contribution >= 0.6 is 9.24 Å². The fourth-order valence-electron chi connectivity index (χ4n) is 3.38. The molecule has 2 nitrogen and oxygen atoms in total. The standard InChI is InChI=1S/C20H19O2P/c1-12(21-2)22-18-10-15-7-6-13-4-3-5-14-8-9-16(17(18)11-23)20(15)19(13)14/h3-10,12H,11,23H2,1-2H3. The molecule has 0 radical (unpaired) electrons. The Morgan fingerprint density at radius 2 is 1.65 bits per heavy atom. The van der Waals surface area contributed by atoms with E-state index in [2.05, 4.69) is 57.8 Å². The van der Waals surface area contributed by atoms with Crippen molar-refractivity contribution in [2.75, 3.05) is 7.11 Å². The lowest BCUT2D eigenvalue weighted by atomic mass is 9.92. The molecule has 0 saturated heterocycles. The molecule has 0 spiro atoms. The lowest BCUT2D eigenvalue weighted by Gasteiger charge is -2.19. The fraction of sp³-hybridized carbons (Fsp3) is 0.200. The van der Waals surface area contributed by atoms with Gasteiger partial charge in [0.15, 0.2) is 6.29 Å². The highest BCUT2D eigenvalue weighted by Gasteiger charge is 2.15. The molecule has 0 aliphatic rings. The summed E-state index contributed by atoms with van der Waals surface area (Å²) >= 11 is 0. The van der Waals surface area contributed by atoms with E-state index >= 15 is 0 Å². The first-order valence-corrected chi connectivity index (χ1v) is 8.63. The van der Waals surface area contributed by atoms with Crippen molar-refractivity contribution in [3.8, 4) is 5.75 Å². The van der Waals surface area contributed by atoms with Gasteiger partial charge in [0.25, 0.3) is 0 Å². The summed E-state index contributed by atoms with van der Waals surface area (Å²) < 4.78 is 11.3. The summed E-state index contributed by atoms with van der Waals surface area (Å²) in [5.41, 5.74) is 1.21. The summed E-state index contributed by atoms with van der Waals surface area (Å²) in [5, 5.41) is 7.72. The average Bonchev–Trinajstić information content (AvgIpc) is 2.59. The highest BCUT2D eigenvalue weighted by molar-refractivity contribution is 7.15. The van der Waals surface area contributed by atoms with Crippen LogP contribution in [0.2, 0.25) is 0 Å². The van der Waals surface area contributed by atoms with E-state index in [9.17, 15) is 0 Å². The second-order valence-electron chi connectivity index (χ2n) is 5.83. The lowest BCUT2D eigenvalue weighted by Crippen LogP contribution is -2.14. The van der Waals surface area contributed by atoms with E-state index in [1.807, 2.05) is 6.92 Å². The van der Waals surface area contributed by atoms with Gasteiger partial charge in [-0.05, 0) is 51.5 Å². The van der Waals surface area contributed by atoms with Crippen LogP contribution in [-0.4, -0.2) is 13.4 Å². The summed E-state index contributed by atoms with van der Waals surface area (Å²) in [6, 6.07) is 17.4. The topological polar surface area (TPSA) is 18.5 Å². The van der Waals surface area contributed by atoms with Crippen molar-refractivity contribution in [1.29, 1.82) is 0 Å². The van der Waals surface area contributed by atoms with Gasteiger partial charge in [-0.15, -0.1) is 9.24 Å². The molecule has 23 heavy (non-hydrogen) atoms. The maximum absolute atomic E-state index is 6.00. The molecule has 0 aliphatic carbocycles. The minimum Gasteiger partial charge on any atom is -0.465 e. The van der Waals surface area contributed by atoms with Gasteiger partial charge in [-0.3, -0.25) is 0 Å². The zero-order chi connectivity index (χ0) is 16.0. The number of hydrogen-bond donors (Lipinski definition) is 0. The fourth-order valence-corrected chi connectivity index (χ4v) is 3.81. The first kappa shape index (κ1) is 14.7. The molecule has 0 aliphatic heterocycles. The van der Waals surface area contributed by atoms with Crippen LogP contribution < -0.4 is 4.74 Å². The van der Waals surface area contributed by atoms with Crippen molar-refractivity contribution in [3.05, 3.63) is 54.1 Å². The van der Waals surface area contributed by atoms with Crippen molar-refractivity contribution in [2.24, 2.45) is 0 Å². The monoisotopic (exact) mass is 322 g/mol. The molecule has 0 N–H and O–H groups in total. The van der Waals surface area contributed by atoms with E-state index in [1.165, 1.54) is 37.9 Å². The van der Waals surface area contributed by atoms with E-state index in [0.29, 0.717) is 0 Å². The summed E-state index contributed by atoms with van der Waals surface area (Å²) in [7, 11) is 4.48. The van der Waals surface area contributed by atoms with Crippen molar-refractivity contribution < 1.29 is 9.47 Å². The van der Waals surface area contributed by atoms with E-state index in [1.54, 1.807) is 7.11 Å². The molecule has 4 aromatic rings. The Kier molecular flexibility index (Phi) is 3.60. The van der Waals surface area contributed by atoms with E-state index in [-0.39, 0.29) is 6.29 Å². The smallest absolute Gasteiger partial charge is 0.196 e. The predicted molar refractivity (Wildman–Crippen MR) is 101 cm³/mol. The molecule has 0 aromatic heterocycles. The highest BCUT2D eigenvalue weighted by Crippen LogP contribution is 2.40. The van der Waals surface area contributed by atoms with Gasteiger partial charge in [0.1, 0.15) is 5.75 Å². The van der Waals surface area contributed by atoms with Crippen LogP contribution in [0.25, 0.3) is 32.3 Å². The normalized spacial score (nSPS) is 13.2. The molecule has 0 amide bonds. The zero-order valence-electron chi connectivity index (χ0n) is 13.3. The summed E-state index contributed by atoms with van der Waals surface area (Å²) in [6.07, 6.45) is 0.582. The van der Waals surface area contributed by atoms with Crippen LogP contribution in [-0.2, 0) is 10.9 Å². The Labute approximate surface area is 137 Å². The van der Waals surface area contributed by atoms with Gasteiger partial charge in [-0.25, -0.2) is 0 Å². The Bertz CT molecular complexity index is 977. The van der Waals surface area contributed by atoms with Crippen LogP contribution in [0.5, 0.6) is 5.75 Å². The first-order chi connectivity index (χ1) is 11.2. The molecule has 4 rings (SSSR count). The van der Waals surface area contributed by atoms with Crippen LogP contribution in [0.4, 0.5) is 0 Å². The number of hydrogen-bond acceptors (Lipinski definition) is 2. The minimum absolute atomic E-state index is 0.265. The van der Waals surface area contributed by atoms with Gasteiger partial charge in [0, 0.05) is 12.7 Å². The average molecular weight is 322 g/mol. The summed E-state index contributed by atoms with van der Waals surface area (Å²) in [4.78, 5) is 0. The predicted octanol–water partition coefficient (Wildman–Crippen LogP) is 5.33. The third-order valence-electron chi connectivity index (χ3n) is 4.55. The van der Waals surface area contributed by atoms with Crippen molar-refractivity contribution >= 4 is 41.6 Å². The molecule has 3 heteroatoms. The van der Waals surface area contributed by atoms with E-state index in [0.717, 1.165) is 11.9 Å². The Morgan fingerprint density at radius 1 is 0.957 bits per heavy atom.